The van der Waals surface area contributed by atoms with E-state index in [0.717, 1.165) is 25.7 Å². The molecule has 19 heavy (non-hydrogen) atoms. The number of carbonyl (C=O) groups excluding carboxylic acids is 2. The van der Waals surface area contributed by atoms with Crippen molar-refractivity contribution in [1.82, 2.24) is 0 Å². The molecule has 0 bridgehead atoms. The summed E-state index contributed by atoms with van der Waals surface area (Å²) in [7, 11) is 0. The Morgan fingerprint density at radius 1 is 0.947 bits per heavy atom. The molecule has 104 valence electrons. The van der Waals surface area contributed by atoms with E-state index >= 15 is 0 Å². The second-order valence-corrected chi connectivity index (χ2v) is 6.48. The van der Waals surface area contributed by atoms with Crippen LogP contribution in [0.3, 0.4) is 0 Å². The summed E-state index contributed by atoms with van der Waals surface area (Å²) in [6, 6.07) is 0. The maximum absolute atomic E-state index is 12.3. The van der Waals surface area contributed by atoms with Gasteiger partial charge in [0.1, 0.15) is 11.5 Å². The first kappa shape index (κ1) is 11.7. The summed E-state index contributed by atoms with van der Waals surface area (Å²) in [4.78, 5) is 24.7. The van der Waals surface area contributed by atoms with Gasteiger partial charge in [0.05, 0.1) is 0 Å². The molecule has 2 atom stereocenters. The maximum atomic E-state index is 12.3. The third-order valence-electron chi connectivity index (χ3n) is 5.64. The van der Waals surface area contributed by atoms with Crippen LogP contribution in [0.25, 0.3) is 0 Å². The Morgan fingerprint density at radius 2 is 1.53 bits per heavy atom. The number of esters is 2. The molecule has 0 aromatic carbocycles. The van der Waals surface area contributed by atoms with Crippen LogP contribution in [-0.2, 0) is 19.1 Å². The van der Waals surface area contributed by atoms with Crippen LogP contribution in [0.4, 0.5) is 0 Å². The van der Waals surface area contributed by atoms with Crippen molar-refractivity contribution >= 4 is 11.9 Å². The van der Waals surface area contributed by atoms with Crippen molar-refractivity contribution in [2.45, 2.75) is 68.2 Å². The van der Waals surface area contributed by atoms with Crippen molar-refractivity contribution in [3.8, 4) is 0 Å². The lowest BCUT2D eigenvalue weighted by atomic mass is 9.70. The van der Waals surface area contributed by atoms with E-state index in [1.54, 1.807) is 0 Å². The van der Waals surface area contributed by atoms with Gasteiger partial charge in [0.15, 0.2) is 5.60 Å². The molecule has 2 saturated heterocycles. The second kappa shape index (κ2) is 3.32. The molecule has 4 fully saturated rings. The van der Waals surface area contributed by atoms with Crippen LogP contribution in [-0.4, -0.2) is 33.8 Å². The average molecular weight is 266 g/mol. The van der Waals surface area contributed by atoms with Crippen LogP contribution < -0.4 is 0 Å². The van der Waals surface area contributed by atoms with Crippen LogP contribution in [0.15, 0.2) is 0 Å². The van der Waals surface area contributed by atoms with E-state index in [1.165, 1.54) is 0 Å². The van der Waals surface area contributed by atoms with Gasteiger partial charge in [-0.05, 0) is 51.4 Å². The lowest BCUT2D eigenvalue weighted by Crippen LogP contribution is -2.56. The fourth-order valence-corrected chi connectivity index (χ4v) is 4.78. The van der Waals surface area contributed by atoms with Crippen LogP contribution >= 0.6 is 0 Å². The zero-order valence-electron chi connectivity index (χ0n) is 10.8. The first-order chi connectivity index (χ1) is 9.04. The van der Waals surface area contributed by atoms with E-state index in [9.17, 15) is 14.7 Å². The van der Waals surface area contributed by atoms with E-state index in [-0.39, 0.29) is 0 Å². The standard InChI is InChI=1S/C14H18O5/c15-10-9-12(5-1-2-6-12)19-11(16)14(9,17)13(18-10)7-3-4-8-13/h9,17H,1-8H2. The maximum Gasteiger partial charge on any atom is 0.344 e. The third-order valence-corrected chi connectivity index (χ3v) is 5.64. The Kier molecular flexibility index (Phi) is 2.04. The highest BCUT2D eigenvalue weighted by Crippen LogP contribution is 2.61. The molecule has 4 aliphatic rings. The van der Waals surface area contributed by atoms with Gasteiger partial charge in [-0.1, -0.05) is 0 Å². The van der Waals surface area contributed by atoms with E-state index in [1.807, 2.05) is 0 Å². The first-order valence-corrected chi connectivity index (χ1v) is 7.23. The molecule has 2 aliphatic heterocycles. The zero-order chi connectivity index (χ0) is 13.3. The zero-order valence-corrected chi connectivity index (χ0v) is 10.8. The molecule has 5 heteroatoms. The molecule has 1 N–H and O–H groups in total. The number of aliphatic hydroxyl groups is 1. The second-order valence-electron chi connectivity index (χ2n) is 6.48. The van der Waals surface area contributed by atoms with Gasteiger partial charge in [-0.2, -0.15) is 0 Å². The summed E-state index contributed by atoms with van der Waals surface area (Å²) in [5.74, 6) is -1.88. The Bertz CT molecular complexity index is 458. The largest absolute Gasteiger partial charge is 0.456 e. The van der Waals surface area contributed by atoms with Crippen molar-refractivity contribution in [2.24, 2.45) is 5.92 Å². The normalized spacial score (nSPS) is 41.8. The monoisotopic (exact) mass is 266 g/mol. The fourth-order valence-electron chi connectivity index (χ4n) is 4.78. The predicted molar refractivity (Wildman–Crippen MR) is 63.0 cm³/mol. The van der Waals surface area contributed by atoms with Crippen molar-refractivity contribution < 1.29 is 24.2 Å². The molecule has 0 aromatic heterocycles. The van der Waals surface area contributed by atoms with Crippen LogP contribution in [0, 0.1) is 5.92 Å². The molecule has 5 nitrogen and oxygen atoms in total. The number of hydrogen-bond acceptors (Lipinski definition) is 5. The smallest absolute Gasteiger partial charge is 0.344 e. The molecule has 2 unspecified atom stereocenters. The highest BCUT2D eigenvalue weighted by atomic mass is 16.6. The van der Waals surface area contributed by atoms with Gasteiger partial charge in [0, 0.05) is 0 Å². The van der Waals surface area contributed by atoms with Gasteiger partial charge in [-0.15, -0.1) is 0 Å². The van der Waals surface area contributed by atoms with Crippen LogP contribution in [0.5, 0.6) is 0 Å². The topological polar surface area (TPSA) is 72.8 Å². The molecule has 2 heterocycles. The Labute approximate surface area is 111 Å². The summed E-state index contributed by atoms with van der Waals surface area (Å²) < 4.78 is 11.1. The van der Waals surface area contributed by atoms with Crippen molar-refractivity contribution in [3.63, 3.8) is 0 Å². The van der Waals surface area contributed by atoms with Crippen LogP contribution in [0.2, 0.25) is 0 Å². The lowest BCUT2D eigenvalue weighted by Gasteiger charge is -2.32. The molecule has 0 radical (unpaired) electrons. The van der Waals surface area contributed by atoms with Crippen LogP contribution in [0.1, 0.15) is 51.4 Å². The summed E-state index contributed by atoms with van der Waals surface area (Å²) in [5.41, 5.74) is -3.56. The van der Waals surface area contributed by atoms with Gasteiger partial charge in [0.2, 0.25) is 5.60 Å². The molecule has 2 saturated carbocycles. The number of rotatable bonds is 0. The highest BCUT2D eigenvalue weighted by molar-refractivity contribution is 5.96. The lowest BCUT2D eigenvalue weighted by molar-refractivity contribution is -0.182. The quantitative estimate of drug-likeness (QED) is 0.664. The summed E-state index contributed by atoms with van der Waals surface area (Å²) in [5, 5.41) is 11.0. The van der Waals surface area contributed by atoms with Gasteiger partial charge < -0.3 is 14.6 Å². The molecule has 0 aromatic rings. The Morgan fingerprint density at radius 3 is 2.16 bits per heavy atom. The Hall–Kier alpha value is -1.10. The minimum Gasteiger partial charge on any atom is -0.456 e. The minimum atomic E-state index is -1.75. The molecular formula is C14H18O5. The molecule has 2 aliphatic carbocycles. The number of hydrogen-bond donors (Lipinski definition) is 1. The van der Waals surface area contributed by atoms with E-state index < -0.39 is 34.7 Å². The average Bonchev–Trinajstić information content (AvgIpc) is 3.06. The number of ether oxygens (including phenoxy) is 2. The summed E-state index contributed by atoms with van der Waals surface area (Å²) in [6.45, 7) is 0. The van der Waals surface area contributed by atoms with E-state index in [0.29, 0.717) is 25.7 Å². The summed E-state index contributed by atoms with van der Waals surface area (Å²) >= 11 is 0. The van der Waals surface area contributed by atoms with Gasteiger partial charge in [-0.25, -0.2) is 4.79 Å². The van der Waals surface area contributed by atoms with Crippen molar-refractivity contribution in [1.29, 1.82) is 0 Å². The molecular weight excluding hydrogens is 248 g/mol. The van der Waals surface area contributed by atoms with Gasteiger partial charge in [0.25, 0.3) is 0 Å². The predicted octanol–water partition coefficient (Wildman–Crippen LogP) is 1.07. The summed E-state index contributed by atoms with van der Waals surface area (Å²) in [6.07, 6.45) is 6.08. The molecule has 4 rings (SSSR count). The minimum absolute atomic E-state index is 0.433. The third kappa shape index (κ3) is 1.12. The van der Waals surface area contributed by atoms with Crippen molar-refractivity contribution in [2.75, 3.05) is 0 Å². The SMILES string of the molecule is O=C1OC2(CCCC2)C2(O)C(=O)OC3(CCCC3)C12. The van der Waals surface area contributed by atoms with E-state index in [2.05, 4.69) is 0 Å². The highest BCUT2D eigenvalue weighted by Gasteiger charge is 2.81. The van der Waals surface area contributed by atoms with Gasteiger partial charge >= 0.3 is 11.9 Å². The van der Waals surface area contributed by atoms with Gasteiger partial charge in [-0.3, -0.25) is 4.79 Å². The first-order valence-electron chi connectivity index (χ1n) is 7.23. The number of fused-ring (bicyclic) bond motifs is 3. The fraction of sp³-hybridized carbons (Fsp3) is 0.857. The molecule has 2 spiro atoms. The Balaban J connectivity index is 1.85. The number of carbonyl (C=O) groups is 2. The van der Waals surface area contributed by atoms with Crippen molar-refractivity contribution in [3.05, 3.63) is 0 Å². The molecule has 0 amide bonds. The van der Waals surface area contributed by atoms with E-state index in [4.69, 9.17) is 9.47 Å².